The lowest BCUT2D eigenvalue weighted by molar-refractivity contribution is -0.120. The van der Waals surface area contributed by atoms with E-state index in [1.54, 1.807) is 10.8 Å². The number of furan rings is 1. The molecule has 4 rings (SSSR count). The minimum atomic E-state index is -0.0441. The number of hydrogen-bond acceptors (Lipinski definition) is 4. The second-order valence-corrected chi connectivity index (χ2v) is 7.60. The first-order valence-corrected chi connectivity index (χ1v) is 9.93. The lowest BCUT2D eigenvalue weighted by atomic mass is 10.0. The van der Waals surface area contributed by atoms with Crippen LogP contribution in [0.2, 0.25) is 0 Å². The number of nitrogens with one attached hydrogen (secondary N) is 1. The predicted molar refractivity (Wildman–Crippen MR) is 106 cm³/mol. The molecule has 0 atom stereocenters. The summed E-state index contributed by atoms with van der Waals surface area (Å²) in [6.07, 6.45) is 5.63. The van der Waals surface area contributed by atoms with Crippen molar-refractivity contribution in [1.82, 2.24) is 19.7 Å². The van der Waals surface area contributed by atoms with E-state index < -0.39 is 0 Å². The summed E-state index contributed by atoms with van der Waals surface area (Å²) in [4.78, 5) is 24.6. The van der Waals surface area contributed by atoms with E-state index in [2.05, 4.69) is 23.4 Å². The summed E-state index contributed by atoms with van der Waals surface area (Å²) in [6, 6.07) is 4.08. The smallest absolute Gasteiger partial charge is 0.345 e. The molecule has 0 saturated heterocycles. The predicted octanol–water partition coefficient (Wildman–Crippen LogP) is 2.49. The second-order valence-electron chi connectivity index (χ2n) is 7.60. The topological polar surface area (TPSA) is 82.1 Å². The van der Waals surface area contributed by atoms with Gasteiger partial charge in [0.15, 0.2) is 0 Å². The van der Waals surface area contributed by atoms with E-state index in [0.717, 1.165) is 48.2 Å². The summed E-state index contributed by atoms with van der Waals surface area (Å²) in [6.45, 7) is 5.91. The van der Waals surface area contributed by atoms with Crippen LogP contribution in [-0.4, -0.2) is 26.8 Å². The minimum absolute atomic E-state index is 0.0310. The molecule has 3 heterocycles. The highest BCUT2D eigenvalue weighted by atomic mass is 16.3. The molecule has 0 aliphatic carbocycles. The van der Waals surface area contributed by atoms with Gasteiger partial charge in [-0.15, -0.1) is 0 Å². The number of fused-ring (bicyclic) bond motifs is 2. The number of aromatic nitrogens is 3. The first kappa shape index (κ1) is 18.5. The highest BCUT2D eigenvalue weighted by Crippen LogP contribution is 2.25. The van der Waals surface area contributed by atoms with Crippen LogP contribution in [0.25, 0.3) is 11.0 Å². The zero-order valence-corrected chi connectivity index (χ0v) is 16.5. The molecule has 1 aromatic carbocycles. The normalized spacial score (nSPS) is 13.6. The molecule has 0 bridgehead atoms. The van der Waals surface area contributed by atoms with E-state index in [9.17, 15) is 9.59 Å². The number of nitrogens with zero attached hydrogens (tertiary/aromatic N) is 3. The maximum absolute atomic E-state index is 12.3. The van der Waals surface area contributed by atoms with E-state index in [1.807, 2.05) is 13.0 Å². The van der Waals surface area contributed by atoms with Gasteiger partial charge >= 0.3 is 5.69 Å². The lowest BCUT2D eigenvalue weighted by Gasteiger charge is -2.09. The molecule has 0 spiro atoms. The van der Waals surface area contributed by atoms with E-state index in [0.29, 0.717) is 19.5 Å². The average molecular weight is 382 g/mol. The Labute approximate surface area is 163 Å². The van der Waals surface area contributed by atoms with Crippen molar-refractivity contribution in [3.63, 3.8) is 0 Å². The third-order valence-corrected chi connectivity index (χ3v) is 5.52. The summed E-state index contributed by atoms with van der Waals surface area (Å²) in [7, 11) is 0. The van der Waals surface area contributed by atoms with Crippen molar-refractivity contribution in [2.75, 3.05) is 6.54 Å². The van der Waals surface area contributed by atoms with Crippen LogP contribution in [0.1, 0.15) is 41.8 Å². The highest BCUT2D eigenvalue weighted by Gasteiger charge is 2.16. The Morgan fingerprint density at radius 2 is 2.07 bits per heavy atom. The molecule has 0 unspecified atom stereocenters. The average Bonchev–Trinajstić information content (AvgIpc) is 3.21. The molecule has 2 aromatic heterocycles. The largest absolute Gasteiger partial charge is 0.464 e. The van der Waals surface area contributed by atoms with Gasteiger partial charge in [-0.3, -0.25) is 9.36 Å². The molecule has 0 radical (unpaired) electrons. The number of carbonyl (C=O) groups is 1. The van der Waals surface area contributed by atoms with E-state index in [4.69, 9.17) is 4.42 Å². The third kappa shape index (κ3) is 3.61. The molecule has 148 valence electrons. The fraction of sp³-hybridized carbons (Fsp3) is 0.476. The van der Waals surface area contributed by atoms with Crippen LogP contribution in [0, 0.1) is 13.8 Å². The molecule has 1 N–H and O–H groups in total. The van der Waals surface area contributed by atoms with Crippen molar-refractivity contribution in [2.45, 2.75) is 59.0 Å². The molecule has 0 fully saturated rings. The SMILES string of the molecule is Cc1cc2occ(CC(=O)NCCCn3nc4n(c3=O)CCCC4)c2cc1C. The van der Waals surface area contributed by atoms with Gasteiger partial charge in [0.05, 0.1) is 12.7 Å². The monoisotopic (exact) mass is 382 g/mol. The summed E-state index contributed by atoms with van der Waals surface area (Å²) in [5, 5.41) is 8.35. The van der Waals surface area contributed by atoms with Gasteiger partial charge in [0.2, 0.25) is 5.91 Å². The quantitative estimate of drug-likeness (QED) is 0.664. The molecule has 7 heteroatoms. The Kier molecular flexibility index (Phi) is 5.07. The van der Waals surface area contributed by atoms with Gasteiger partial charge in [0, 0.05) is 37.0 Å². The van der Waals surface area contributed by atoms with Crippen LogP contribution in [0.3, 0.4) is 0 Å². The third-order valence-electron chi connectivity index (χ3n) is 5.52. The van der Waals surface area contributed by atoms with Crippen LogP contribution in [0.5, 0.6) is 0 Å². The second kappa shape index (κ2) is 7.66. The van der Waals surface area contributed by atoms with Crippen LogP contribution < -0.4 is 11.0 Å². The summed E-state index contributed by atoms with van der Waals surface area (Å²) < 4.78 is 8.90. The molecular weight excluding hydrogens is 356 g/mol. The molecule has 1 aliphatic heterocycles. The van der Waals surface area contributed by atoms with E-state index >= 15 is 0 Å². The van der Waals surface area contributed by atoms with Crippen molar-refractivity contribution in [3.8, 4) is 0 Å². The molecule has 0 saturated carbocycles. The fourth-order valence-corrected chi connectivity index (χ4v) is 3.76. The number of amides is 1. The van der Waals surface area contributed by atoms with Crippen molar-refractivity contribution in [2.24, 2.45) is 0 Å². The standard InChI is InChI=1S/C21H26N4O3/c1-14-10-17-16(13-28-18(17)11-15(14)2)12-20(26)22-7-5-9-25-21(27)24-8-4-3-6-19(24)23-25/h10-11,13H,3-9,12H2,1-2H3,(H,22,26). The van der Waals surface area contributed by atoms with Gasteiger partial charge in [-0.2, -0.15) is 5.10 Å². The van der Waals surface area contributed by atoms with E-state index in [1.165, 1.54) is 15.8 Å². The van der Waals surface area contributed by atoms with Gasteiger partial charge in [-0.05, 0) is 56.4 Å². The van der Waals surface area contributed by atoms with Crippen molar-refractivity contribution >= 4 is 16.9 Å². The summed E-state index contributed by atoms with van der Waals surface area (Å²) in [5.41, 5.74) is 4.04. The zero-order valence-electron chi connectivity index (χ0n) is 16.5. The first-order valence-electron chi connectivity index (χ1n) is 9.93. The van der Waals surface area contributed by atoms with Gasteiger partial charge in [-0.25, -0.2) is 9.48 Å². The molecule has 3 aromatic rings. The van der Waals surface area contributed by atoms with E-state index in [-0.39, 0.29) is 18.0 Å². The number of aryl methyl sites for hydroxylation is 4. The van der Waals surface area contributed by atoms with Gasteiger partial charge in [0.25, 0.3) is 0 Å². The minimum Gasteiger partial charge on any atom is -0.464 e. The number of rotatable bonds is 6. The van der Waals surface area contributed by atoms with Crippen LogP contribution in [-0.2, 0) is 30.7 Å². The van der Waals surface area contributed by atoms with Gasteiger partial charge in [-0.1, -0.05) is 0 Å². The van der Waals surface area contributed by atoms with Crippen molar-refractivity contribution < 1.29 is 9.21 Å². The van der Waals surface area contributed by atoms with Crippen LogP contribution in [0.15, 0.2) is 27.6 Å². The van der Waals surface area contributed by atoms with Crippen LogP contribution in [0.4, 0.5) is 0 Å². The Morgan fingerprint density at radius 1 is 1.25 bits per heavy atom. The van der Waals surface area contributed by atoms with Gasteiger partial charge in [0.1, 0.15) is 11.4 Å². The number of hydrogen-bond donors (Lipinski definition) is 1. The number of benzene rings is 1. The number of carbonyl (C=O) groups excluding carboxylic acids is 1. The first-order chi connectivity index (χ1) is 13.5. The van der Waals surface area contributed by atoms with Gasteiger partial charge < -0.3 is 9.73 Å². The maximum Gasteiger partial charge on any atom is 0.345 e. The molecular formula is C21H26N4O3. The Morgan fingerprint density at radius 3 is 2.89 bits per heavy atom. The molecule has 28 heavy (non-hydrogen) atoms. The summed E-state index contributed by atoms with van der Waals surface area (Å²) in [5.74, 6) is 0.843. The lowest BCUT2D eigenvalue weighted by Crippen LogP contribution is -2.30. The fourth-order valence-electron chi connectivity index (χ4n) is 3.76. The zero-order chi connectivity index (χ0) is 19.7. The Balaban J connectivity index is 1.30. The van der Waals surface area contributed by atoms with Crippen molar-refractivity contribution in [1.29, 1.82) is 0 Å². The molecule has 1 amide bonds. The Hall–Kier alpha value is -2.83. The van der Waals surface area contributed by atoms with Crippen LogP contribution >= 0.6 is 0 Å². The molecule has 1 aliphatic rings. The Bertz CT molecular complexity index is 1070. The van der Waals surface area contributed by atoms with Crippen molar-refractivity contribution in [3.05, 3.63) is 51.4 Å². The highest BCUT2D eigenvalue weighted by molar-refractivity contribution is 5.88. The molecule has 7 nitrogen and oxygen atoms in total. The maximum atomic E-state index is 12.3. The summed E-state index contributed by atoms with van der Waals surface area (Å²) >= 11 is 0.